The summed E-state index contributed by atoms with van der Waals surface area (Å²) < 4.78 is 0. The SMILES string of the molecule is C=CCSC[C@@H](NCCCCC)C(=O)O. The lowest BCUT2D eigenvalue weighted by molar-refractivity contribution is -0.138. The van der Waals surface area contributed by atoms with Gasteiger partial charge < -0.3 is 10.4 Å². The Bertz CT molecular complexity index is 185. The normalized spacial score (nSPS) is 12.3. The summed E-state index contributed by atoms with van der Waals surface area (Å²) in [5, 5.41) is 12.0. The predicted octanol–water partition coefficient (Wildman–Crippen LogP) is 2.14. The maximum atomic E-state index is 10.9. The highest BCUT2D eigenvalue weighted by atomic mass is 32.2. The van der Waals surface area contributed by atoms with Crippen molar-refractivity contribution in [2.75, 3.05) is 18.1 Å². The summed E-state index contributed by atoms with van der Waals surface area (Å²) in [5.74, 6) is 0.650. The number of hydrogen-bond acceptors (Lipinski definition) is 3. The third-order valence-electron chi connectivity index (χ3n) is 1.99. The van der Waals surface area contributed by atoms with E-state index in [0.29, 0.717) is 5.75 Å². The highest BCUT2D eigenvalue weighted by Gasteiger charge is 2.15. The van der Waals surface area contributed by atoms with Crippen molar-refractivity contribution in [3.63, 3.8) is 0 Å². The molecule has 2 N–H and O–H groups in total. The minimum atomic E-state index is -0.761. The molecule has 0 amide bonds. The van der Waals surface area contributed by atoms with Gasteiger partial charge in [-0.3, -0.25) is 4.79 Å². The minimum Gasteiger partial charge on any atom is -0.480 e. The van der Waals surface area contributed by atoms with E-state index in [9.17, 15) is 4.79 Å². The van der Waals surface area contributed by atoms with E-state index in [1.807, 2.05) is 0 Å². The van der Waals surface area contributed by atoms with Gasteiger partial charge in [-0.2, -0.15) is 11.8 Å². The molecule has 1 atom stereocenters. The number of nitrogens with one attached hydrogen (secondary N) is 1. The van der Waals surface area contributed by atoms with Gasteiger partial charge in [0.2, 0.25) is 0 Å². The van der Waals surface area contributed by atoms with E-state index in [-0.39, 0.29) is 0 Å². The molecule has 0 unspecified atom stereocenters. The van der Waals surface area contributed by atoms with E-state index in [2.05, 4.69) is 18.8 Å². The van der Waals surface area contributed by atoms with Gasteiger partial charge in [0.1, 0.15) is 6.04 Å². The van der Waals surface area contributed by atoms with Crippen molar-refractivity contribution in [3.8, 4) is 0 Å². The fraction of sp³-hybridized carbons (Fsp3) is 0.727. The highest BCUT2D eigenvalue weighted by molar-refractivity contribution is 7.99. The Balaban J connectivity index is 3.63. The van der Waals surface area contributed by atoms with E-state index in [0.717, 1.165) is 31.6 Å². The average molecular weight is 231 g/mol. The minimum absolute atomic E-state index is 0.424. The zero-order valence-electron chi connectivity index (χ0n) is 9.37. The van der Waals surface area contributed by atoms with Crippen molar-refractivity contribution in [3.05, 3.63) is 12.7 Å². The summed E-state index contributed by atoms with van der Waals surface area (Å²) in [6, 6.07) is -0.424. The summed E-state index contributed by atoms with van der Waals surface area (Å²) in [4.78, 5) is 10.9. The van der Waals surface area contributed by atoms with Gasteiger partial charge in [-0.1, -0.05) is 25.8 Å². The standard InChI is InChI=1S/C11H21NO2S/c1-3-5-6-7-12-10(11(13)14)9-15-8-4-2/h4,10,12H,2-3,5-9H2,1H3,(H,13,14)/t10-/m1/s1. The van der Waals surface area contributed by atoms with Gasteiger partial charge in [0.25, 0.3) is 0 Å². The molecular weight excluding hydrogens is 210 g/mol. The first-order valence-corrected chi connectivity index (χ1v) is 6.52. The van der Waals surface area contributed by atoms with Gasteiger partial charge in [-0.25, -0.2) is 0 Å². The molecule has 0 aliphatic carbocycles. The third-order valence-corrected chi connectivity index (χ3v) is 3.03. The van der Waals surface area contributed by atoms with Crippen LogP contribution in [0.4, 0.5) is 0 Å². The van der Waals surface area contributed by atoms with Gasteiger partial charge in [-0.15, -0.1) is 6.58 Å². The van der Waals surface area contributed by atoms with Crippen molar-refractivity contribution in [2.45, 2.75) is 32.2 Å². The molecule has 0 radical (unpaired) electrons. The van der Waals surface area contributed by atoms with Crippen LogP contribution in [-0.4, -0.2) is 35.2 Å². The van der Waals surface area contributed by atoms with E-state index < -0.39 is 12.0 Å². The molecule has 3 nitrogen and oxygen atoms in total. The maximum absolute atomic E-state index is 10.9. The summed E-state index contributed by atoms with van der Waals surface area (Å²) in [6.45, 7) is 6.52. The van der Waals surface area contributed by atoms with Crippen LogP contribution in [0.25, 0.3) is 0 Å². The summed E-state index contributed by atoms with van der Waals surface area (Å²) in [7, 11) is 0. The van der Waals surface area contributed by atoms with Gasteiger partial charge >= 0.3 is 5.97 Å². The molecular formula is C11H21NO2S. The maximum Gasteiger partial charge on any atom is 0.321 e. The van der Waals surface area contributed by atoms with E-state index in [1.54, 1.807) is 17.8 Å². The molecule has 0 fully saturated rings. The second-order valence-corrected chi connectivity index (χ2v) is 4.45. The van der Waals surface area contributed by atoms with Crippen LogP contribution < -0.4 is 5.32 Å². The largest absolute Gasteiger partial charge is 0.480 e. The molecule has 0 aromatic rings. The van der Waals surface area contributed by atoms with Crippen molar-refractivity contribution in [1.82, 2.24) is 5.32 Å². The molecule has 0 spiro atoms. The van der Waals surface area contributed by atoms with Crippen LogP contribution >= 0.6 is 11.8 Å². The molecule has 4 heteroatoms. The van der Waals surface area contributed by atoms with E-state index in [4.69, 9.17) is 5.11 Å². The number of thioether (sulfide) groups is 1. The number of aliphatic carboxylic acids is 1. The first-order chi connectivity index (χ1) is 7.22. The Hall–Kier alpha value is -0.480. The molecule has 0 saturated heterocycles. The lowest BCUT2D eigenvalue weighted by Crippen LogP contribution is -2.39. The molecule has 0 aromatic carbocycles. The Labute approximate surface area is 96.3 Å². The van der Waals surface area contributed by atoms with Crippen LogP contribution in [0.5, 0.6) is 0 Å². The molecule has 0 saturated carbocycles. The number of carboxylic acids is 1. The summed E-state index contributed by atoms with van der Waals surface area (Å²) in [6.07, 6.45) is 5.15. The smallest absolute Gasteiger partial charge is 0.321 e. The van der Waals surface area contributed by atoms with Crippen molar-refractivity contribution in [1.29, 1.82) is 0 Å². The van der Waals surface area contributed by atoms with Gasteiger partial charge in [0, 0.05) is 11.5 Å². The molecule has 0 aliphatic heterocycles. The average Bonchev–Trinajstić information content (AvgIpc) is 2.21. The van der Waals surface area contributed by atoms with Crippen LogP contribution in [-0.2, 0) is 4.79 Å². The van der Waals surface area contributed by atoms with Gasteiger partial charge in [0.05, 0.1) is 0 Å². The molecule has 88 valence electrons. The van der Waals surface area contributed by atoms with E-state index in [1.165, 1.54) is 0 Å². The van der Waals surface area contributed by atoms with E-state index >= 15 is 0 Å². The first kappa shape index (κ1) is 14.5. The number of carbonyl (C=O) groups is 1. The monoisotopic (exact) mass is 231 g/mol. The third kappa shape index (κ3) is 8.51. The fourth-order valence-electron chi connectivity index (χ4n) is 1.14. The van der Waals surface area contributed by atoms with Crippen molar-refractivity contribution >= 4 is 17.7 Å². The molecule has 15 heavy (non-hydrogen) atoms. The van der Waals surface area contributed by atoms with Crippen LogP contribution in [0.15, 0.2) is 12.7 Å². The topological polar surface area (TPSA) is 49.3 Å². The quantitative estimate of drug-likeness (QED) is 0.447. The Morgan fingerprint density at radius 2 is 2.33 bits per heavy atom. The number of unbranched alkanes of at least 4 members (excludes halogenated alkanes) is 2. The summed E-state index contributed by atoms with van der Waals surface area (Å²) in [5.41, 5.74) is 0. The fourth-order valence-corrected chi connectivity index (χ4v) is 1.94. The zero-order chi connectivity index (χ0) is 11.5. The zero-order valence-corrected chi connectivity index (χ0v) is 10.2. The molecule has 0 aliphatic rings. The molecule has 0 bridgehead atoms. The second kappa shape index (κ2) is 10.1. The molecule has 0 aromatic heterocycles. The lowest BCUT2D eigenvalue weighted by atomic mass is 10.2. The highest BCUT2D eigenvalue weighted by Crippen LogP contribution is 2.03. The second-order valence-electron chi connectivity index (χ2n) is 3.38. The van der Waals surface area contributed by atoms with Crippen LogP contribution in [0.3, 0.4) is 0 Å². The Morgan fingerprint density at radius 1 is 1.60 bits per heavy atom. The Morgan fingerprint density at radius 3 is 2.87 bits per heavy atom. The van der Waals surface area contributed by atoms with Crippen LogP contribution in [0, 0.1) is 0 Å². The van der Waals surface area contributed by atoms with Crippen molar-refractivity contribution < 1.29 is 9.90 Å². The Kier molecular flexibility index (Phi) is 9.73. The lowest BCUT2D eigenvalue weighted by Gasteiger charge is -2.13. The van der Waals surface area contributed by atoms with Gasteiger partial charge in [0.15, 0.2) is 0 Å². The number of carboxylic acid groups (broad SMARTS) is 1. The van der Waals surface area contributed by atoms with Crippen molar-refractivity contribution in [2.24, 2.45) is 0 Å². The summed E-state index contributed by atoms with van der Waals surface area (Å²) >= 11 is 1.59. The van der Waals surface area contributed by atoms with Gasteiger partial charge in [-0.05, 0) is 13.0 Å². The first-order valence-electron chi connectivity index (χ1n) is 5.37. The van der Waals surface area contributed by atoms with Crippen LogP contribution in [0.1, 0.15) is 26.2 Å². The number of rotatable bonds is 10. The molecule has 0 rings (SSSR count). The molecule has 0 heterocycles. The van der Waals surface area contributed by atoms with Crippen LogP contribution in [0.2, 0.25) is 0 Å². The predicted molar refractivity (Wildman–Crippen MR) is 66.5 cm³/mol. The number of hydrogen-bond donors (Lipinski definition) is 2.